The first-order chi connectivity index (χ1) is 1.41. The Balaban J connectivity index is 0. The van der Waals surface area contributed by atoms with Crippen molar-refractivity contribution >= 4 is 23.2 Å². The fraction of sp³-hybridized carbons (Fsp3) is 1.00. The third-order valence-electron chi connectivity index (χ3n) is 0. The van der Waals surface area contributed by atoms with E-state index in [4.69, 9.17) is 23.2 Å². The van der Waals surface area contributed by atoms with E-state index >= 15 is 0 Å². The van der Waals surface area contributed by atoms with Crippen molar-refractivity contribution in [2.45, 2.75) is 0 Å². The fourth-order valence-corrected chi connectivity index (χ4v) is 0. The molecule has 0 heterocycles. The third-order valence-corrected chi connectivity index (χ3v) is 0. The summed E-state index contributed by atoms with van der Waals surface area (Å²) in [6.07, 6.45) is 0. The zero-order valence-corrected chi connectivity index (χ0v) is 6.65. The van der Waals surface area contributed by atoms with Crippen molar-refractivity contribution in [2.24, 2.45) is 0 Å². The molecular formula is CH2Cl2Zn+2. The van der Waals surface area contributed by atoms with Crippen LogP contribution < -0.4 is 0 Å². The average molecular weight is 150 g/mol. The summed E-state index contributed by atoms with van der Waals surface area (Å²) in [5.74, 6) is 0. The normalized spacial score (nSPS) is 4.50. The van der Waals surface area contributed by atoms with Crippen LogP contribution in [0.3, 0.4) is 0 Å². The first-order valence-corrected chi connectivity index (χ1v) is 1.60. The van der Waals surface area contributed by atoms with Crippen molar-refractivity contribution in [3.8, 4) is 0 Å². The third kappa shape index (κ3) is 10.7. The smallest absolute Gasteiger partial charge is 0.109 e. The topological polar surface area (TPSA) is 0 Å². The van der Waals surface area contributed by atoms with Crippen LogP contribution in [-0.4, -0.2) is 5.34 Å². The van der Waals surface area contributed by atoms with Crippen LogP contribution in [0, 0.1) is 0 Å². The molecule has 0 nitrogen and oxygen atoms in total. The zero-order chi connectivity index (χ0) is 2.71. The van der Waals surface area contributed by atoms with Gasteiger partial charge < -0.3 is 0 Å². The average Bonchev–Trinajstić information content (AvgIpc) is 0.918. The van der Waals surface area contributed by atoms with E-state index in [1.54, 1.807) is 0 Å². The molecule has 0 fully saturated rings. The minimum atomic E-state index is 0. The predicted molar refractivity (Wildman–Crippen MR) is 16.6 cm³/mol. The van der Waals surface area contributed by atoms with Crippen molar-refractivity contribution in [2.75, 3.05) is 5.34 Å². The van der Waals surface area contributed by atoms with Crippen LogP contribution in [0.2, 0.25) is 0 Å². The zero-order valence-electron chi connectivity index (χ0n) is 2.17. The van der Waals surface area contributed by atoms with Gasteiger partial charge in [0.25, 0.3) is 0 Å². The fourth-order valence-electron chi connectivity index (χ4n) is 0. The number of hydrogen-bond donors (Lipinski definition) is 0. The molecule has 0 atom stereocenters. The molecule has 3 heteroatoms. The van der Waals surface area contributed by atoms with Crippen LogP contribution in [0.4, 0.5) is 0 Å². The maximum absolute atomic E-state index is 4.76. The molecule has 0 bridgehead atoms. The molecule has 0 N–H and O–H groups in total. The maximum Gasteiger partial charge on any atom is 2.00 e. The molecule has 0 aromatic rings. The quantitative estimate of drug-likeness (QED) is 0.362. The van der Waals surface area contributed by atoms with E-state index < -0.39 is 0 Å². The number of halogens is 2. The van der Waals surface area contributed by atoms with E-state index in [0.717, 1.165) is 0 Å². The van der Waals surface area contributed by atoms with E-state index in [2.05, 4.69) is 0 Å². The van der Waals surface area contributed by atoms with Gasteiger partial charge in [-0.1, -0.05) is 0 Å². The van der Waals surface area contributed by atoms with Gasteiger partial charge in [0.1, 0.15) is 0 Å². The van der Waals surface area contributed by atoms with Crippen LogP contribution in [-0.2, 0) is 19.5 Å². The van der Waals surface area contributed by atoms with Crippen LogP contribution in [0.5, 0.6) is 0 Å². The standard InChI is InChI=1S/CH2Cl2.Zn/c2-1-3;/h1H2;/q;+2. The molecule has 0 aromatic heterocycles. The first-order valence-electron chi connectivity index (χ1n) is 0.535. The summed E-state index contributed by atoms with van der Waals surface area (Å²) in [4.78, 5) is 0. The van der Waals surface area contributed by atoms with E-state index in [1.807, 2.05) is 0 Å². The molecule has 0 saturated heterocycles. The molecule has 20 valence electrons. The van der Waals surface area contributed by atoms with Crippen LogP contribution in [0.25, 0.3) is 0 Å². The SMILES string of the molecule is ClCCl.[Zn+2]. The summed E-state index contributed by atoms with van der Waals surface area (Å²) >= 11 is 9.53. The molecule has 0 rings (SSSR count). The number of hydrogen-bond acceptors (Lipinski definition) is 0. The molecular weight excluding hydrogens is 148 g/mol. The van der Waals surface area contributed by atoms with Gasteiger partial charge >= 0.3 is 19.5 Å². The molecule has 0 unspecified atom stereocenters. The van der Waals surface area contributed by atoms with Gasteiger partial charge in [0.15, 0.2) is 0 Å². The van der Waals surface area contributed by atoms with Gasteiger partial charge in [0, 0.05) is 0 Å². The van der Waals surface area contributed by atoms with Crippen molar-refractivity contribution < 1.29 is 19.5 Å². The van der Waals surface area contributed by atoms with E-state index in [1.165, 1.54) is 0 Å². The molecule has 0 radical (unpaired) electrons. The molecule has 0 spiro atoms. The summed E-state index contributed by atoms with van der Waals surface area (Å²) in [5, 5.41) is 0.194. The first kappa shape index (κ1) is 8.96. The van der Waals surface area contributed by atoms with Crippen LogP contribution in [0.1, 0.15) is 0 Å². The second-order valence-corrected chi connectivity index (χ2v) is 0.909. The Morgan fingerprint density at radius 1 is 1.25 bits per heavy atom. The predicted octanol–water partition coefficient (Wildman–Crippen LogP) is 1.42. The van der Waals surface area contributed by atoms with Gasteiger partial charge in [-0.25, -0.2) is 0 Å². The Kier molecular flexibility index (Phi) is 19.9. The van der Waals surface area contributed by atoms with Gasteiger partial charge in [-0.3, -0.25) is 0 Å². The minimum absolute atomic E-state index is 0. The Labute approximate surface area is 48.2 Å². The van der Waals surface area contributed by atoms with Crippen molar-refractivity contribution in [1.82, 2.24) is 0 Å². The summed E-state index contributed by atoms with van der Waals surface area (Å²) in [7, 11) is 0. The van der Waals surface area contributed by atoms with E-state index in [9.17, 15) is 0 Å². The van der Waals surface area contributed by atoms with Crippen LogP contribution >= 0.6 is 23.2 Å². The Bertz CT molecular complexity index is 6.00. The van der Waals surface area contributed by atoms with Crippen molar-refractivity contribution in [3.63, 3.8) is 0 Å². The summed E-state index contributed by atoms with van der Waals surface area (Å²) in [6, 6.07) is 0. The maximum atomic E-state index is 4.76. The number of alkyl halides is 2. The molecule has 0 aliphatic rings. The summed E-state index contributed by atoms with van der Waals surface area (Å²) in [6.45, 7) is 0. The van der Waals surface area contributed by atoms with Crippen molar-refractivity contribution in [3.05, 3.63) is 0 Å². The van der Waals surface area contributed by atoms with Crippen molar-refractivity contribution in [1.29, 1.82) is 0 Å². The van der Waals surface area contributed by atoms with Gasteiger partial charge in [-0.15, -0.1) is 23.2 Å². The van der Waals surface area contributed by atoms with Gasteiger partial charge in [-0.2, -0.15) is 0 Å². The Hall–Kier alpha value is 1.20. The second-order valence-electron chi connectivity index (χ2n) is 0.101. The molecule has 0 saturated carbocycles. The second kappa shape index (κ2) is 8.88. The minimum Gasteiger partial charge on any atom is -0.109 e. The van der Waals surface area contributed by atoms with E-state index in [0.29, 0.717) is 0 Å². The van der Waals surface area contributed by atoms with Gasteiger partial charge in [0.2, 0.25) is 0 Å². The Morgan fingerprint density at radius 3 is 1.25 bits per heavy atom. The molecule has 4 heavy (non-hydrogen) atoms. The molecule has 0 aliphatic carbocycles. The van der Waals surface area contributed by atoms with E-state index in [-0.39, 0.29) is 24.8 Å². The molecule has 0 amide bonds. The summed E-state index contributed by atoms with van der Waals surface area (Å²) < 4.78 is 0. The van der Waals surface area contributed by atoms with Crippen LogP contribution in [0.15, 0.2) is 0 Å². The summed E-state index contributed by atoms with van der Waals surface area (Å²) in [5.41, 5.74) is 0. The monoisotopic (exact) mass is 148 g/mol. The molecule has 0 aromatic carbocycles. The molecule has 0 aliphatic heterocycles. The Morgan fingerprint density at radius 2 is 1.25 bits per heavy atom. The largest absolute Gasteiger partial charge is 2.00 e. The van der Waals surface area contributed by atoms with Gasteiger partial charge in [0.05, 0.1) is 5.34 Å². The number of rotatable bonds is 0. The van der Waals surface area contributed by atoms with Gasteiger partial charge in [-0.05, 0) is 0 Å².